The van der Waals surface area contributed by atoms with Crippen LogP contribution in [-0.2, 0) is 20.7 Å². The van der Waals surface area contributed by atoms with Crippen molar-refractivity contribution < 1.29 is 14.3 Å². The Hall–Kier alpha value is -2.70. The lowest BCUT2D eigenvalue weighted by molar-refractivity contribution is -0.160. The average molecular weight is 359 g/mol. The number of carbonyl (C=O) groups excluding carboxylic acids is 2. The third kappa shape index (κ3) is 4.28. The van der Waals surface area contributed by atoms with Gasteiger partial charge in [-0.2, -0.15) is 5.10 Å². The Labute approximate surface area is 152 Å². The molecule has 0 aliphatic heterocycles. The van der Waals surface area contributed by atoms with Crippen molar-refractivity contribution in [3.63, 3.8) is 0 Å². The second kappa shape index (κ2) is 8.12. The molecule has 26 heavy (non-hydrogen) atoms. The van der Waals surface area contributed by atoms with Crippen molar-refractivity contribution in [3.05, 3.63) is 40.3 Å². The van der Waals surface area contributed by atoms with Gasteiger partial charge in [0, 0.05) is 17.5 Å². The van der Waals surface area contributed by atoms with Gasteiger partial charge in [-0.3, -0.25) is 14.4 Å². The van der Waals surface area contributed by atoms with Crippen LogP contribution in [0.25, 0.3) is 10.8 Å². The summed E-state index contributed by atoms with van der Waals surface area (Å²) >= 11 is 0. The van der Waals surface area contributed by atoms with E-state index >= 15 is 0 Å². The van der Waals surface area contributed by atoms with Crippen LogP contribution in [-0.4, -0.2) is 45.2 Å². The van der Waals surface area contributed by atoms with Crippen LogP contribution in [0, 0.1) is 0 Å². The van der Waals surface area contributed by atoms with Crippen molar-refractivity contribution in [2.24, 2.45) is 0 Å². The highest BCUT2D eigenvalue weighted by molar-refractivity contribution is 5.88. The van der Waals surface area contributed by atoms with Crippen molar-refractivity contribution >= 4 is 22.6 Å². The molecule has 7 nitrogen and oxygen atoms in total. The van der Waals surface area contributed by atoms with Gasteiger partial charge in [0.25, 0.3) is 11.5 Å². The van der Waals surface area contributed by atoms with Crippen LogP contribution in [0.2, 0.25) is 0 Å². The van der Waals surface area contributed by atoms with Crippen molar-refractivity contribution in [2.45, 2.75) is 59.2 Å². The molecule has 0 aliphatic carbocycles. The van der Waals surface area contributed by atoms with Gasteiger partial charge in [-0.05, 0) is 40.7 Å². The fourth-order valence-corrected chi connectivity index (χ4v) is 3.05. The number of hydrogen-bond donors (Lipinski definition) is 1. The first-order valence-electron chi connectivity index (χ1n) is 8.70. The molecule has 1 amide bonds. The molecule has 0 bridgehead atoms. The summed E-state index contributed by atoms with van der Waals surface area (Å²) in [6, 6.07) is 6.93. The van der Waals surface area contributed by atoms with Crippen molar-refractivity contribution in [1.82, 2.24) is 15.1 Å². The minimum absolute atomic E-state index is 0.00783. The highest BCUT2D eigenvalue weighted by Gasteiger charge is 2.27. The lowest BCUT2D eigenvalue weighted by atomic mass is 10.1. The topological polar surface area (TPSA) is 92.4 Å². The van der Waals surface area contributed by atoms with Crippen molar-refractivity contribution in [2.75, 3.05) is 0 Å². The maximum atomic E-state index is 12.6. The van der Waals surface area contributed by atoms with E-state index in [9.17, 15) is 14.4 Å². The summed E-state index contributed by atoms with van der Waals surface area (Å²) in [5.41, 5.74) is 0.0974. The maximum absolute atomic E-state index is 12.6. The fraction of sp³-hybridized carbons (Fsp3) is 0.474. The molecule has 7 heteroatoms. The predicted molar refractivity (Wildman–Crippen MR) is 98.7 cm³/mol. The van der Waals surface area contributed by atoms with E-state index in [1.54, 1.807) is 36.1 Å². The summed E-state index contributed by atoms with van der Waals surface area (Å²) < 4.78 is 5.31. The van der Waals surface area contributed by atoms with E-state index in [1.807, 2.05) is 27.7 Å². The van der Waals surface area contributed by atoms with Gasteiger partial charge >= 0.3 is 5.97 Å². The molecule has 0 unspecified atom stereocenters. The average Bonchev–Trinajstić information content (AvgIpc) is 2.57. The van der Waals surface area contributed by atoms with Gasteiger partial charge in [0.15, 0.2) is 6.10 Å². The molecule has 2 rings (SSSR count). The molecule has 0 radical (unpaired) electrons. The highest BCUT2D eigenvalue weighted by atomic mass is 16.5. The Balaban J connectivity index is 2.13. The Bertz CT molecular complexity index is 849. The van der Waals surface area contributed by atoms with E-state index in [1.165, 1.54) is 0 Å². The number of H-pyrrole nitrogens is 1. The lowest BCUT2D eigenvalue weighted by Crippen LogP contribution is -2.47. The zero-order valence-corrected chi connectivity index (χ0v) is 15.8. The number of nitrogens with zero attached hydrogens (tertiary/aromatic N) is 2. The van der Waals surface area contributed by atoms with Crippen LogP contribution in [0.1, 0.15) is 40.3 Å². The normalized spacial score (nSPS) is 12.4. The van der Waals surface area contributed by atoms with Crippen LogP contribution in [0.3, 0.4) is 0 Å². The Morgan fingerprint density at radius 1 is 1.08 bits per heavy atom. The Morgan fingerprint density at radius 3 is 2.23 bits per heavy atom. The summed E-state index contributed by atoms with van der Waals surface area (Å²) in [4.78, 5) is 38.3. The molecule has 1 aromatic carbocycles. The summed E-state index contributed by atoms with van der Waals surface area (Å²) in [5.74, 6) is -0.800. The molecule has 1 atom stereocenters. The van der Waals surface area contributed by atoms with Gasteiger partial charge in [-0.25, -0.2) is 5.10 Å². The first-order chi connectivity index (χ1) is 12.2. The Morgan fingerprint density at radius 2 is 1.65 bits per heavy atom. The third-order valence-electron chi connectivity index (χ3n) is 4.11. The molecule has 1 aromatic heterocycles. The number of esters is 1. The number of aromatic amines is 1. The van der Waals surface area contributed by atoms with E-state index in [4.69, 9.17) is 4.74 Å². The predicted octanol–water partition coefficient (Wildman–Crippen LogP) is 2.04. The minimum atomic E-state index is -0.888. The van der Waals surface area contributed by atoms with Crippen molar-refractivity contribution in [3.8, 4) is 0 Å². The lowest BCUT2D eigenvalue weighted by Gasteiger charge is -2.32. The molecule has 1 heterocycles. The number of fused-ring (bicyclic) bond motifs is 1. The zero-order valence-electron chi connectivity index (χ0n) is 15.8. The van der Waals surface area contributed by atoms with E-state index in [2.05, 4.69) is 10.2 Å². The maximum Gasteiger partial charge on any atom is 0.312 e. The van der Waals surface area contributed by atoms with E-state index in [-0.39, 0.29) is 30.0 Å². The molecule has 0 saturated carbocycles. The number of aromatic nitrogens is 2. The zero-order chi connectivity index (χ0) is 19.4. The molecular formula is C19H25N3O4. The van der Waals surface area contributed by atoms with Crippen molar-refractivity contribution in [1.29, 1.82) is 0 Å². The van der Waals surface area contributed by atoms with Gasteiger partial charge in [-0.15, -0.1) is 0 Å². The smallest absolute Gasteiger partial charge is 0.312 e. The van der Waals surface area contributed by atoms with E-state index < -0.39 is 12.1 Å². The highest BCUT2D eigenvalue weighted by Crippen LogP contribution is 2.14. The summed E-state index contributed by atoms with van der Waals surface area (Å²) in [6.45, 7) is 9.24. The first kappa shape index (κ1) is 19.6. The number of rotatable bonds is 6. The van der Waals surface area contributed by atoms with Crippen LogP contribution in [0.4, 0.5) is 0 Å². The third-order valence-corrected chi connectivity index (χ3v) is 4.11. The largest absolute Gasteiger partial charge is 0.452 e. The van der Waals surface area contributed by atoms with Gasteiger partial charge in [0.05, 0.1) is 17.5 Å². The molecule has 0 aliphatic rings. The van der Waals surface area contributed by atoms with Crippen LogP contribution in [0.15, 0.2) is 29.1 Å². The monoisotopic (exact) mass is 359 g/mol. The van der Waals surface area contributed by atoms with Gasteiger partial charge < -0.3 is 9.64 Å². The quantitative estimate of drug-likeness (QED) is 0.797. The molecule has 140 valence electrons. The standard InChI is InChI=1S/C19H25N3O4/c1-11(2)22(12(3)4)19(25)13(5)26-17(23)10-16-14-8-6-7-9-15(14)18(24)21-20-16/h6-9,11-13H,10H2,1-5H3,(H,21,24)/t13-/m0/s1. The molecule has 0 fully saturated rings. The first-order valence-corrected chi connectivity index (χ1v) is 8.70. The van der Waals surface area contributed by atoms with Crippen LogP contribution < -0.4 is 5.56 Å². The number of ether oxygens (including phenoxy) is 1. The SMILES string of the molecule is CC(C)N(C(=O)[C@H](C)OC(=O)Cc1n[nH]c(=O)c2ccccc12)C(C)C. The van der Waals surface area contributed by atoms with E-state index in [0.717, 1.165) is 0 Å². The minimum Gasteiger partial charge on any atom is -0.452 e. The van der Waals surface area contributed by atoms with Crippen LogP contribution >= 0.6 is 0 Å². The molecule has 0 saturated heterocycles. The second-order valence-electron chi connectivity index (χ2n) is 6.79. The van der Waals surface area contributed by atoms with Gasteiger partial charge in [0.2, 0.25) is 0 Å². The molecule has 0 spiro atoms. The summed E-state index contributed by atoms with van der Waals surface area (Å²) in [6.07, 6.45) is -1.01. The van der Waals surface area contributed by atoms with Gasteiger partial charge in [0.1, 0.15) is 0 Å². The second-order valence-corrected chi connectivity index (χ2v) is 6.79. The van der Waals surface area contributed by atoms with Crippen LogP contribution in [0.5, 0.6) is 0 Å². The molecule has 1 N–H and O–H groups in total. The van der Waals surface area contributed by atoms with Gasteiger partial charge in [-0.1, -0.05) is 18.2 Å². The molecule has 2 aromatic rings. The number of nitrogens with one attached hydrogen (secondary N) is 1. The molecular weight excluding hydrogens is 334 g/mol. The number of benzene rings is 1. The number of hydrogen-bond acceptors (Lipinski definition) is 5. The Kier molecular flexibility index (Phi) is 6.13. The number of carbonyl (C=O) groups is 2. The van der Waals surface area contributed by atoms with E-state index in [0.29, 0.717) is 16.5 Å². The number of amides is 1. The summed E-state index contributed by atoms with van der Waals surface area (Å²) in [5, 5.41) is 7.39. The fourth-order valence-electron chi connectivity index (χ4n) is 3.05. The summed E-state index contributed by atoms with van der Waals surface area (Å²) in [7, 11) is 0.